The smallest absolute Gasteiger partial charge is 0.387 e. The second-order valence-corrected chi connectivity index (χ2v) is 6.74. The largest absolute Gasteiger partial charge is 0.434 e. The van der Waals surface area contributed by atoms with Crippen molar-refractivity contribution in [2.75, 3.05) is 13.2 Å². The fourth-order valence-electron chi connectivity index (χ4n) is 2.97. The molecule has 0 amide bonds. The Labute approximate surface area is 191 Å². The number of ether oxygens (including phenoxy) is 2. The lowest BCUT2D eigenvalue weighted by molar-refractivity contribution is -0.0504. The molecule has 1 aromatic carbocycles. The summed E-state index contributed by atoms with van der Waals surface area (Å²) in [4.78, 5) is 4.53. The Morgan fingerprint density at radius 2 is 2.13 bits per heavy atom. The van der Waals surface area contributed by atoms with Crippen LogP contribution in [0.2, 0.25) is 0 Å². The minimum atomic E-state index is -2.88. The molecule has 1 unspecified atom stereocenters. The molecular weight excluding hydrogens is 509 g/mol. The number of hydrogen-bond acceptors (Lipinski definition) is 5. The van der Waals surface area contributed by atoms with Crippen LogP contribution in [0.3, 0.4) is 0 Å². The fourth-order valence-corrected chi connectivity index (χ4v) is 2.97. The Hall–Kier alpha value is -2.02. The van der Waals surface area contributed by atoms with E-state index in [-0.39, 0.29) is 42.4 Å². The minimum absolute atomic E-state index is 0. The molecule has 0 spiro atoms. The quantitative estimate of drug-likeness (QED) is 0.307. The van der Waals surface area contributed by atoms with E-state index in [2.05, 4.69) is 30.6 Å². The molecule has 1 saturated heterocycles. The Kier molecular flexibility index (Phi) is 9.69. The van der Waals surface area contributed by atoms with Crippen molar-refractivity contribution < 1.29 is 18.3 Å². The van der Waals surface area contributed by atoms with Gasteiger partial charge < -0.3 is 24.7 Å². The van der Waals surface area contributed by atoms with E-state index in [9.17, 15) is 8.78 Å². The molecule has 0 saturated carbocycles. The predicted octanol–water partition coefficient (Wildman–Crippen LogP) is 2.76. The van der Waals surface area contributed by atoms with Crippen LogP contribution in [0.1, 0.15) is 30.1 Å². The van der Waals surface area contributed by atoms with Crippen LogP contribution in [0.5, 0.6) is 5.75 Å². The van der Waals surface area contributed by atoms with E-state index < -0.39 is 6.61 Å². The number of halogens is 3. The molecule has 1 aliphatic rings. The van der Waals surface area contributed by atoms with E-state index in [4.69, 9.17) is 4.74 Å². The molecule has 11 heteroatoms. The van der Waals surface area contributed by atoms with Crippen LogP contribution in [0.25, 0.3) is 0 Å². The summed E-state index contributed by atoms with van der Waals surface area (Å²) in [7, 11) is 1.89. The van der Waals surface area contributed by atoms with Gasteiger partial charge >= 0.3 is 6.61 Å². The summed E-state index contributed by atoms with van der Waals surface area (Å²) in [5.74, 6) is 2.22. The standard InChI is InChI=1S/C19H26F2N6O2.HI/c1-13-25-26-17(27(13)2)12-24-19(23-11-15-7-5-9-28-15)22-10-14-6-3-4-8-16(14)29-18(20)21;/h3-4,6,8,15,18H,5,7,9-12H2,1-2H3,(H2,22,23,24);1H. The van der Waals surface area contributed by atoms with Gasteiger partial charge in [0.1, 0.15) is 11.6 Å². The molecule has 2 aromatic rings. The third-order valence-electron chi connectivity index (χ3n) is 4.71. The van der Waals surface area contributed by atoms with Crippen molar-refractivity contribution in [3.63, 3.8) is 0 Å². The highest BCUT2D eigenvalue weighted by molar-refractivity contribution is 14.0. The number of nitrogens with one attached hydrogen (secondary N) is 2. The number of rotatable bonds is 8. The van der Waals surface area contributed by atoms with E-state index in [0.717, 1.165) is 31.1 Å². The number of aliphatic imine (C=N–C) groups is 1. The maximum Gasteiger partial charge on any atom is 0.387 e. The molecule has 30 heavy (non-hydrogen) atoms. The molecule has 0 bridgehead atoms. The highest BCUT2D eigenvalue weighted by Gasteiger charge is 2.16. The molecule has 166 valence electrons. The lowest BCUT2D eigenvalue weighted by atomic mass is 10.2. The van der Waals surface area contributed by atoms with Crippen molar-refractivity contribution in [2.24, 2.45) is 12.0 Å². The fraction of sp³-hybridized carbons (Fsp3) is 0.526. The molecule has 1 aromatic heterocycles. The average molecular weight is 536 g/mol. The zero-order valence-electron chi connectivity index (χ0n) is 17.0. The second-order valence-electron chi connectivity index (χ2n) is 6.74. The van der Waals surface area contributed by atoms with E-state index in [1.54, 1.807) is 18.2 Å². The Bertz CT molecular complexity index is 827. The minimum Gasteiger partial charge on any atom is -0.434 e. The first kappa shape index (κ1) is 24.3. The van der Waals surface area contributed by atoms with Gasteiger partial charge in [-0.05, 0) is 25.8 Å². The molecule has 2 N–H and O–H groups in total. The highest BCUT2D eigenvalue weighted by Crippen LogP contribution is 2.21. The SMILES string of the molecule is Cc1nnc(CNC(=NCc2ccccc2OC(F)F)NCC2CCCO2)n1C.I. The number of hydrogen-bond donors (Lipinski definition) is 2. The van der Waals surface area contributed by atoms with Gasteiger partial charge in [-0.2, -0.15) is 8.78 Å². The van der Waals surface area contributed by atoms with Crippen molar-refractivity contribution in [2.45, 2.75) is 45.6 Å². The van der Waals surface area contributed by atoms with Crippen LogP contribution in [0.15, 0.2) is 29.3 Å². The van der Waals surface area contributed by atoms with Gasteiger partial charge in [0.05, 0.1) is 19.2 Å². The van der Waals surface area contributed by atoms with Gasteiger partial charge in [-0.25, -0.2) is 4.99 Å². The van der Waals surface area contributed by atoms with Gasteiger partial charge in [0, 0.05) is 25.8 Å². The number of guanidine groups is 1. The summed E-state index contributed by atoms with van der Waals surface area (Å²) in [6, 6.07) is 6.63. The van der Waals surface area contributed by atoms with Gasteiger partial charge in [-0.3, -0.25) is 0 Å². The summed E-state index contributed by atoms with van der Waals surface area (Å²) in [5.41, 5.74) is 0.570. The first-order valence-electron chi connectivity index (χ1n) is 9.54. The number of benzene rings is 1. The number of alkyl halides is 2. The van der Waals surface area contributed by atoms with E-state index >= 15 is 0 Å². The van der Waals surface area contributed by atoms with Crippen LogP contribution < -0.4 is 15.4 Å². The lowest BCUT2D eigenvalue weighted by Crippen LogP contribution is -2.41. The van der Waals surface area contributed by atoms with E-state index in [1.807, 2.05) is 18.5 Å². The zero-order valence-corrected chi connectivity index (χ0v) is 19.3. The van der Waals surface area contributed by atoms with Gasteiger partial charge in [0.2, 0.25) is 0 Å². The Morgan fingerprint density at radius 3 is 2.80 bits per heavy atom. The third-order valence-corrected chi connectivity index (χ3v) is 4.71. The molecular formula is C19H27F2IN6O2. The number of para-hydroxylation sites is 1. The highest BCUT2D eigenvalue weighted by atomic mass is 127. The van der Waals surface area contributed by atoms with Crippen molar-refractivity contribution in [3.05, 3.63) is 41.5 Å². The molecule has 8 nitrogen and oxygen atoms in total. The number of nitrogens with zero attached hydrogens (tertiary/aromatic N) is 4. The molecule has 1 aliphatic heterocycles. The topological polar surface area (TPSA) is 85.6 Å². The predicted molar refractivity (Wildman–Crippen MR) is 119 cm³/mol. The second kappa shape index (κ2) is 12.0. The van der Waals surface area contributed by atoms with Gasteiger partial charge in [0.25, 0.3) is 0 Å². The first-order valence-corrected chi connectivity index (χ1v) is 9.54. The maximum absolute atomic E-state index is 12.6. The van der Waals surface area contributed by atoms with Crippen LogP contribution >= 0.6 is 24.0 Å². The number of aromatic nitrogens is 3. The monoisotopic (exact) mass is 536 g/mol. The first-order chi connectivity index (χ1) is 14.0. The van der Waals surface area contributed by atoms with Crippen molar-refractivity contribution in [1.82, 2.24) is 25.4 Å². The van der Waals surface area contributed by atoms with Gasteiger partial charge in [0.15, 0.2) is 11.8 Å². The summed E-state index contributed by atoms with van der Waals surface area (Å²) in [6.45, 7) is 0.975. The van der Waals surface area contributed by atoms with Crippen molar-refractivity contribution in [1.29, 1.82) is 0 Å². The molecule has 0 aliphatic carbocycles. The molecule has 1 atom stereocenters. The van der Waals surface area contributed by atoms with Crippen LogP contribution in [0.4, 0.5) is 8.78 Å². The summed E-state index contributed by atoms with van der Waals surface area (Å²) in [5, 5.41) is 14.6. The van der Waals surface area contributed by atoms with Crippen molar-refractivity contribution >= 4 is 29.9 Å². The molecule has 3 rings (SSSR count). The maximum atomic E-state index is 12.6. The van der Waals surface area contributed by atoms with Gasteiger partial charge in [-0.1, -0.05) is 18.2 Å². The Balaban J connectivity index is 0.00000320. The zero-order chi connectivity index (χ0) is 20.6. The molecule has 1 fully saturated rings. The average Bonchev–Trinajstić information content (AvgIpc) is 3.33. The van der Waals surface area contributed by atoms with E-state index in [0.29, 0.717) is 24.6 Å². The normalized spacial score (nSPS) is 16.4. The summed E-state index contributed by atoms with van der Waals surface area (Å²) in [6.07, 6.45) is 2.17. The summed E-state index contributed by atoms with van der Waals surface area (Å²) < 4.78 is 37.4. The van der Waals surface area contributed by atoms with E-state index in [1.165, 1.54) is 6.07 Å². The molecule has 2 heterocycles. The van der Waals surface area contributed by atoms with Crippen LogP contribution in [-0.2, 0) is 24.9 Å². The third kappa shape index (κ3) is 7.04. The summed E-state index contributed by atoms with van der Waals surface area (Å²) >= 11 is 0. The van der Waals surface area contributed by atoms with Crippen LogP contribution in [0, 0.1) is 6.92 Å². The Morgan fingerprint density at radius 1 is 1.33 bits per heavy atom. The lowest BCUT2D eigenvalue weighted by Gasteiger charge is -2.16. The van der Waals surface area contributed by atoms with Gasteiger partial charge in [-0.15, -0.1) is 34.2 Å². The molecule has 0 radical (unpaired) electrons. The van der Waals surface area contributed by atoms with Crippen molar-refractivity contribution in [3.8, 4) is 5.75 Å². The number of aryl methyl sites for hydroxylation is 1. The van der Waals surface area contributed by atoms with Crippen LogP contribution in [-0.4, -0.2) is 46.6 Å².